The van der Waals surface area contributed by atoms with E-state index in [1.54, 1.807) is 17.0 Å². The van der Waals surface area contributed by atoms with Crippen molar-refractivity contribution in [1.29, 1.82) is 0 Å². The van der Waals surface area contributed by atoms with Crippen LogP contribution in [0.15, 0.2) is 49.3 Å². The van der Waals surface area contributed by atoms with Crippen LogP contribution in [0.5, 0.6) is 5.75 Å². The molecule has 18 heavy (non-hydrogen) atoms. The van der Waals surface area contributed by atoms with Gasteiger partial charge in [0, 0.05) is 25.4 Å². The van der Waals surface area contributed by atoms with E-state index in [1.807, 2.05) is 37.5 Å². The van der Waals surface area contributed by atoms with Crippen LogP contribution in [0, 0.1) is 0 Å². The molecule has 0 spiro atoms. The quantitative estimate of drug-likeness (QED) is 0.793. The van der Waals surface area contributed by atoms with Crippen molar-refractivity contribution in [2.45, 2.75) is 6.54 Å². The second-order valence-electron chi connectivity index (χ2n) is 3.96. The molecule has 1 aromatic heterocycles. The first-order valence-electron chi connectivity index (χ1n) is 5.83. The molecule has 0 saturated carbocycles. The second-order valence-corrected chi connectivity index (χ2v) is 3.96. The summed E-state index contributed by atoms with van der Waals surface area (Å²) in [5, 5.41) is 7.42. The summed E-state index contributed by atoms with van der Waals surface area (Å²) in [4.78, 5) is 0. The van der Waals surface area contributed by atoms with Gasteiger partial charge in [0.25, 0.3) is 0 Å². The minimum absolute atomic E-state index is 0.518. The first-order chi connectivity index (χ1) is 8.79. The lowest BCUT2D eigenvalue weighted by atomic mass is 10.2. The van der Waals surface area contributed by atoms with Gasteiger partial charge in [-0.2, -0.15) is 5.10 Å². The Balaban J connectivity index is 2.01. The Kier molecular flexibility index (Phi) is 4.02. The summed E-state index contributed by atoms with van der Waals surface area (Å²) in [5.74, 6) is 0.883. The highest BCUT2D eigenvalue weighted by molar-refractivity contribution is 5.42. The molecule has 1 aromatic carbocycles. The minimum Gasteiger partial charge on any atom is -0.489 e. The lowest BCUT2D eigenvalue weighted by molar-refractivity contribution is 0.359. The molecule has 0 atom stereocenters. The minimum atomic E-state index is 0.518. The van der Waals surface area contributed by atoms with Gasteiger partial charge in [0.15, 0.2) is 0 Å². The molecule has 0 unspecified atom stereocenters. The third-order valence-electron chi connectivity index (χ3n) is 2.52. The summed E-state index contributed by atoms with van der Waals surface area (Å²) in [6, 6.07) is 7.97. The molecular formula is C14H17N3O. The maximum Gasteiger partial charge on any atom is 0.124 e. The zero-order valence-electron chi connectivity index (χ0n) is 10.5. The number of nitrogens with zero attached hydrogens (tertiary/aromatic N) is 2. The molecule has 2 aromatic rings. The van der Waals surface area contributed by atoms with Crippen LogP contribution in [-0.2, 0) is 13.6 Å². The number of aromatic nitrogens is 2. The predicted molar refractivity (Wildman–Crippen MR) is 72.7 cm³/mol. The molecule has 1 heterocycles. The van der Waals surface area contributed by atoms with Gasteiger partial charge in [0.05, 0.1) is 11.9 Å². The third-order valence-corrected chi connectivity index (χ3v) is 2.52. The smallest absolute Gasteiger partial charge is 0.124 e. The van der Waals surface area contributed by atoms with E-state index in [0.29, 0.717) is 13.2 Å². The molecule has 0 saturated heterocycles. The van der Waals surface area contributed by atoms with Gasteiger partial charge >= 0.3 is 0 Å². The van der Waals surface area contributed by atoms with E-state index >= 15 is 0 Å². The molecule has 0 radical (unpaired) electrons. The summed E-state index contributed by atoms with van der Waals surface area (Å²) in [6.45, 7) is 4.88. The zero-order chi connectivity index (χ0) is 12.8. The number of hydrogen-bond donors (Lipinski definition) is 1. The third kappa shape index (κ3) is 3.13. The number of para-hydroxylation sites is 1. The normalized spacial score (nSPS) is 10.1. The maximum absolute atomic E-state index is 5.60. The molecule has 0 amide bonds. The van der Waals surface area contributed by atoms with Crippen molar-refractivity contribution in [2.75, 3.05) is 11.9 Å². The summed E-state index contributed by atoms with van der Waals surface area (Å²) < 4.78 is 7.37. The maximum atomic E-state index is 5.60. The molecule has 0 aliphatic rings. The van der Waals surface area contributed by atoms with E-state index in [0.717, 1.165) is 17.0 Å². The average molecular weight is 243 g/mol. The standard InChI is InChI=1S/C14H17N3O/c1-3-8-18-14-7-5-4-6-12(14)9-15-13-10-16-17(2)11-13/h3-7,10-11,15H,1,8-9H2,2H3. The fourth-order valence-electron chi connectivity index (χ4n) is 1.65. The first kappa shape index (κ1) is 12.2. The predicted octanol–water partition coefficient (Wildman–Crippen LogP) is 2.60. The number of aryl methyl sites for hydroxylation is 1. The lowest BCUT2D eigenvalue weighted by Crippen LogP contribution is -2.02. The topological polar surface area (TPSA) is 39.1 Å². The van der Waals surface area contributed by atoms with Crippen LogP contribution in [-0.4, -0.2) is 16.4 Å². The van der Waals surface area contributed by atoms with Crippen LogP contribution in [0.2, 0.25) is 0 Å². The van der Waals surface area contributed by atoms with E-state index in [2.05, 4.69) is 17.0 Å². The number of rotatable bonds is 6. The van der Waals surface area contributed by atoms with Crippen LogP contribution < -0.4 is 10.1 Å². The Labute approximate surface area is 107 Å². The zero-order valence-corrected chi connectivity index (χ0v) is 10.5. The average Bonchev–Trinajstić information content (AvgIpc) is 2.81. The van der Waals surface area contributed by atoms with Crippen LogP contribution >= 0.6 is 0 Å². The number of nitrogens with one attached hydrogen (secondary N) is 1. The van der Waals surface area contributed by atoms with Crippen LogP contribution in [0.25, 0.3) is 0 Å². The Hall–Kier alpha value is -2.23. The van der Waals surface area contributed by atoms with Gasteiger partial charge in [0.2, 0.25) is 0 Å². The highest BCUT2D eigenvalue weighted by Gasteiger charge is 2.02. The summed E-state index contributed by atoms with van der Waals surface area (Å²) in [7, 11) is 1.90. The van der Waals surface area contributed by atoms with Gasteiger partial charge in [-0.05, 0) is 6.07 Å². The molecule has 1 N–H and O–H groups in total. The van der Waals surface area contributed by atoms with Gasteiger partial charge in [-0.1, -0.05) is 30.9 Å². The molecule has 0 fully saturated rings. The monoisotopic (exact) mass is 243 g/mol. The van der Waals surface area contributed by atoms with Crippen molar-refractivity contribution in [3.8, 4) is 5.75 Å². The fraction of sp³-hybridized carbons (Fsp3) is 0.214. The second kappa shape index (κ2) is 5.91. The van der Waals surface area contributed by atoms with E-state index in [4.69, 9.17) is 4.74 Å². The van der Waals surface area contributed by atoms with Crippen LogP contribution in [0.4, 0.5) is 5.69 Å². The van der Waals surface area contributed by atoms with E-state index < -0.39 is 0 Å². The van der Waals surface area contributed by atoms with E-state index in [9.17, 15) is 0 Å². The molecule has 2 rings (SSSR count). The highest BCUT2D eigenvalue weighted by atomic mass is 16.5. The van der Waals surface area contributed by atoms with Crippen molar-refractivity contribution in [3.05, 3.63) is 54.9 Å². The van der Waals surface area contributed by atoms with Crippen molar-refractivity contribution < 1.29 is 4.74 Å². The largest absolute Gasteiger partial charge is 0.489 e. The SMILES string of the molecule is C=CCOc1ccccc1CNc1cnn(C)c1. The van der Waals surface area contributed by atoms with Crippen molar-refractivity contribution in [3.63, 3.8) is 0 Å². The van der Waals surface area contributed by atoms with Crippen LogP contribution in [0.3, 0.4) is 0 Å². The summed E-state index contributed by atoms with van der Waals surface area (Å²) >= 11 is 0. The van der Waals surface area contributed by atoms with Crippen molar-refractivity contribution in [1.82, 2.24) is 9.78 Å². The molecule has 4 nitrogen and oxygen atoms in total. The Morgan fingerprint density at radius 1 is 1.44 bits per heavy atom. The van der Waals surface area contributed by atoms with Gasteiger partial charge in [-0.3, -0.25) is 4.68 Å². The first-order valence-corrected chi connectivity index (χ1v) is 5.83. The van der Waals surface area contributed by atoms with Gasteiger partial charge in [0.1, 0.15) is 12.4 Å². The molecule has 0 aliphatic heterocycles. The van der Waals surface area contributed by atoms with Gasteiger partial charge in [-0.15, -0.1) is 0 Å². The lowest BCUT2D eigenvalue weighted by Gasteiger charge is -2.10. The highest BCUT2D eigenvalue weighted by Crippen LogP contribution is 2.19. The fourth-order valence-corrected chi connectivity index (χ4v) is 1.65. The van der Waals surface area contributed by atoms with Crippen molar-refractivity contribution >= 4 is 5.69 Å². The van der Waals surface area contributed by atoms with E-state index in [-0.39, 0.29) is 0 Å². The number of benzene rings is 1. The molecule has 0 bridgehead atoms. The molecule has 94 valence electrons. The molecular weight excluding hydrogens is 226 g/mol. The number of hydrogen-bond acceptors (Lipinski definition) is 3. The summed E-state index contributed by atoms with van der Waals surface area (Å²) in [5.41, 5.74) is 2.11. The summed E-state index contributed by atoms with van der Waals surface area (Å²) in [6.07, 6.45) is 5.48. The number of ether oxygens (including phenoxy) is 1. The van der Waals surface area contributed by atoms with Crippen LogP contribution in [0.1, 0.15) is 5.56 Å². The Morgan fingerprint density at radius 3 is 3.00 bits per heavy atom. The number of anilines is 1. The Morgan fingerprint density at radius 2 is 2.28 bits per heavy atom. The molecule has 0 aliphatic carbocycles. The Bertz CT molecular complexity index is 519. The van der Waals surface area contributed by atoms with Gasteiger partial charge < -0.3 is 10.1 Å². The van der Waals surface area contributed by atoms with E-state index in [1.165, 1.54) is 0 Å². The molecule has 4 heteroatoms. The van der Waals surface area contributed by atoms with Gasteiger partial charge in [-0.25, -0.2) is 0 Å². The van der Waals surface area contributed by atoms with Crippen molar-refractivity contribution in [2.24, 2.45) is 7.05 Å².